The average Bonchev–Trinajstić information content (AvgIpc) is 2.93. The Morgan fingerprint density at radius 2 is 1.62 bits per heavy atom. The van der Waals surface area contributed by atoms with Crippen LogP contribution < -0.4 is 0 Å². The standard InChI is InChI=1S/C24H27FN2O2/c1-13-9-16-17(24(5,6)8-7-23(16,3)4)11-20(13)27-14(2)26-19-10-15(22(28)29)18(25)12-21(19)27/h9-12H,7-8H2,1-6H3,(H,28,29). The summed E-state index contributed by atoms with van der Waals surface area (Å²) < 4.78 is 16.4. The molecule has 4 nitrogen and oxygen atoms in total. The Bertz CT molecular complexity index is 1170. The fourth-order valence-electron chi connectivity index (χ4n) is 4.64. The smallest absolute Gasteiger partial charge is 0.338 e. The van der Waals surface area contributed by atoms with Gasteiger partial charge in [0, 0.05) is 6.07 Å². The first-order valence-electron chi connectivity index (χ1n) is 10.0. The molecule has 152 valence electrons. The predicted octanol–water partition coefficient (Wildman–Crippen LogP) is 5.83. The van der Waals surface area contributed by atoms with Gasteiger partial charge in [-0.1, -0.05) is 33.8 Å². The molecule has 0 saturated carbocycles. The summed E-state index contributed by atoms with van der Waals surface area (Å²) in [6.07, 6.45) is 2.25. The Hall–Kier alpha value is -2.69. The van der Waals surface area contributed by atoms with Crippen LogP contribution in [0, 0.1) is 19.7 Å². The molecule has 0 atom stereocenters. The molecule has 0 radical (unpaired) electrons. The highest BCUT2D eigenvalue weighted by Crippen LogP contribution is 2.47. The molecule has 0 amide bonds. The van der Waals surface area contributed by atoms with Crippen molar-refractivity contribution in [1.29, 1.82) is 0 Å². The zero-order chi connectivity index (χ0) is 21.3. The van der Waals surface area contributed by atoms with Gasteiger partial charge in [-0.05, 0) is 66.3 Å². The van der Waals surface area contributed by atoms with Crippen LogP contribution in [-0.2, 0) is 10.8 Å². The Labute approximate surface area is 170 Å². The van der Waals surface area contributed by atoms with Crippen molar-refractivity contribution >= 4 is 17.0 Å². The second kappa shape index (κ2) is 6.15. The Kier molecular flexibility index (Phi) is 4.16. The second-order valence-electron chi connectivity index (χ2n) is 9.57. The van der Waals surface area contributed by atoms with E-state index in [2.05, 4.69) is 51.7 Å². The zero-order valence-corrected chi connectivity index (χ0v) is 17.9. The van der Waals surface area contributed by atoms with Gasteiger partial charge in [-0.3, -0.25) is 4.57 Å². The molecule has 1 aromatic heterocycles. The first kappa shape index (κ1) is 19.6. The summed E-state index contributed by atoms with van der Waals surface area (Å²) in [5.41, 5.74) is 5.64. The van der Waals surface area contributed by atoms with Crippen LogP contribution in [0.5, 0.6) is 0 Å². The summed E-state index contributed by atoms with van der Waals surface area (Å²) in [5.74, 6) is -1.33. The predicted molar refractivity (Wildman–Crippen MR) is 113 cm³/mol. The quantitative estimate of drug-likeness (QED) is 0.595. The maximum atomic E-state index is 14.5. The minimum Gasteiger partial charge on any atom is -0.478 e. The summed E-state index contributed by atoms with van der Waals surface area (Å²) in [5, 5.41) is 9.23. The van der Waals surface area contributed by atoms with Crippen molar-refractivity contribution in [3.8, 4) is 5.69 Å². The van der Waals surface area contributed by atoms with Gasteiger partial charge in [0.2, 0.25) is 0 Å². The molecule has 0 spiro atoms. The molecule has 4 rings (SSSR count). The van der Waals surface area contributed by atoms with Gasteiger partial charge < -0.3 is 5.11 Å². The summed E-state index contributed by atoms with van der Waals surface area (Å²) in [6.45, 7) is 13.1. The van der Waals surface area contributed by atoms with Crippen molar-refractivity contribution in [1.82, 2.24) is 9.55 Å². The van der Waals surface area contributed by atoms with Crippen LogP contribution in [0.1, 0.15) is 73.4 Å². The molecule has 1 N–H and O–H groups in total. The lowest BCUT2D eigenvalue weighted by atomic mass is 9.63. The fraction of sp³-hybridized carbons (Fsp3) is 0.417. The number of rotatable bonds is 2. The highest BCUT2D eigenvalue weighted by molar-refractivity contribution is 5.93. The number of carboxylic acids is 1. The molecule has 1 heterocycles. The molecule has 0 aliphatic heterocycles. The van der Waals surface area contributed by atoms with Gasteiger partial charge >= 0.3 is 5.97 Å². The van der Waals surface area contributed by atoms with Gasteiger partial charge in [-0.2, -0.15) is 0 Å². The monoisotopic (exact) mass is 394 g/mol. The molecular weight excluding hydrogens is 367 g/mol. The number of halogens is 1. The fourth-order valence-corrected chi connectivity index (χ4v) is 4.64. The van der Waals surface area contributed by atoms with Crippen molar-refractivity contribution in [2.24, 2.45) is 0 Å². The Morgan fingerprint density at radius 1 is 1.03 bits per heavy atom. The van der Waals surface area contributed by atoms with Crippen molar-refractivity contribution < 1.29 is 14.3 Å². The number of hydrogen-bond acceptors (Lipinski definition) is 2. The number of aromatic nitrogens is 2. The van der Waals surface area contributed by atoms with E-state index in [-0.39, 0.29) is 16.4 Å². The van der Waals surface area contributed by atoms with E-state index in [1.807, 2.05) is 11.5 Å². The molecule has 29 heavy (non-hydrogen) atoms. The highest BCUT2D eigenvalue weighted by Gasteiger charge is 2.37. The van der Waals surface area contributed by atoms with Gasteiger partial charge in [-0.25, -0.2) is 14.2 Å². The van der Waals surface area contributed by atoms with E-state index >= 15 is 0 Å². The summed E-state index contributed by atoms with van der Waals surface area (Å²) in [4.78, 5) is 15.8. The number of carboxylic acid groups (broad SMARTS) is 1. The van der Waals surface area contributed by atoms with Crippen molar-refractivity contribution in [2.45, 2.75) is 65.2 Å². The molecule has 0 bridgehead atoms. The average molecular weight is 394 g/mol. The minimum atomic E-state index is -1.29. The summed E-state index contributed by atoms with van der Waals surface area (Å²) >= 11 is 0. The zero-order valence-electron chi connectivity index (χ0n) is 17.9. The van der Waals surface area contributed by atoms with Gasteiger partial charge in [0.05, 0.1) is 22.3 Å². The van der Waals surface area contributed by atoms with E-state index < -0.39 is 11.8 Å². The maximum absolute atomic E-state index is 14.5. The van der Waals surface area contributed by atoms with Crippen molar-refractivity contribution in [3.05, 3.63) is 58.2 Å². The number of aryl methyl sites for hydroxylation is 2. The van der Waals surface area contributed by atoms with Crippen LogP contribution in [-0.4, -0.2) is 20.6 Å². The topological polar surface area (TPSA) is 55.1 Å². The molecule has 0 unspecified atom stereocenters. The number of aromatic carboxylic acids is 1. The van der Waals surface area contributed by atoms with Gasteiger partial charge in [0.25, 0.3) is 0 Å². The van der Waals surface area contributed by atoms with Crippen LogP contribution in [0.4, 0.5) is 4.39 Å². The minimum absolute atomic E-state index is 0.0549. The van der Waals surface area contributed by atoms with Crippen LogP contribution in [0.15, 0.2) is 24.3 Å². The number of fused-ring (bicyclic) bond motifs is 2. The van der Waals surface area contributed by atoms with E-state index in [4.69, 9.17) is 0 Å². The molecular formula is C24H27FN2O2. The third-order valence-corrected chi connectivity index (χ3v) is 6.55. The third-order valence-electron chi connectivity index (χ3n) is 6.55. The van der Waals surface area contributed by atoms with Crippen LogP contribution >= 0.6 is 0 Å². The van der Waals surface area contributed by atoms with Gasteiger partial charge in [0.15, 0.2) is 0 Å². The lowest BCUT2D eigenvalue weighted by molar-refractivity contribution is 0.0692. The van der Waals surface area contributed by atoms with E-state index in [1.165, 1.54) is 23.3 Å². The molecule has 3 aromatic rings. The van der Waals surface area contributed by atoms with E-state index in [9.17, 15) is 14.3 Å². The van der Waals surface area contributed by atoms with Crippen molar-refractivity contribution in [3.63, 3.8) is 0 Å². The molecule has 1 aliphatic rings. The number of hydrogen-bond donors (Lipinski definition) is 1. The molecule has 1 aliphatic carbocycles. The summed E-state index contributed by atoms with van der Waals surface area (Å²) in [6, 6.07) is 7.09. The van der Waals surface area contributed by atoms with E-state index in [0.717, 1.165) is 24.1 Å². The van der Waals surface area contributed by atoms with Gasteiger partial charge in [0.1, 0.15) is 11.6 Å². The first-order chi connectivity index (χ1) is 13.4. The van der Waals surface area contributed by atoms with Crippen LogP contribution in [0.25, 0.3) is 16.7 Å². The Morgan fingerprint density at radius 3 is 2.21 bits per heavy atom. The highest BCUT2D eigenvalue weighted by atomic mass is 19.1. The largest absolute Gasteiger partial charge is 0.478 e. The molecule has 2 aromatic carbocycles. The van der Waals surface area contributed by atoms with Gasteiger partial charge in [-0.15, -0.1) is 0 Å². The lowest BCUT2D eigenvalue weighted by Gasteiger charge is -2.42. The van der Waals surface area contributed by atoms with E-state index in [0.29, 0.717) is 16.9 Å². The van der Waals surface area contributed by atoms with E-state index in [1.54, 1.807) is 0 Å². The normalized spacial score (nSPS) is 17.3. The van der Waals surface area contributed by atoms with Crippen molar-refractivity contribution in [2.75, 3.05) is 0 Å². The van der Waals surface area contributed by atoms with Crippen LogP contribution in [0.2, 0.25) is 0 Å². The number of benzene rings is 2. The summed E-state index contributed by atoms with van der Waals surface area (Å²) in [7, 11) is 0. The molecule has 5 heteroatoms. The second-order valence-corrected chi connectivity index (χ2v) is 9.57. The number of nitrogens with zero attached hydrogens (tertiary/aromatic N) is 2. The maximum Gasteiger partial charge on any atom is 0.338 e. The molecule has 0 fully saturated rings. The lowest BCUT2D eigenvalue weighted by Crippen LogP contribution is -2.34. The SMILES string of the molecule is Cc1cc2c(cc1-n1c(C)nc3cc(C(=O)O)c(F)cc31)C(C)(C)CCC2(C)C. The molecule has 0 saturated heterocycles. The first-order valence-corrected chi connectivity index (χ1v) is 10.0. The number of carbonyl (C=O) groups is 1. The Balaban J connectivity index is 2.01. The third kappa shape index (κ3) is 2.95. The number of imidazole rings is 1. The van der Waals surface area contributed by atoms with Crippen LogP contribution in [0.3, 0.4) is 0 Å².